The standard InChI is InChI=1S/C12H16F3N/c1-8-6-9(4-5-10(8)13)12(14,15)11(2,3)7-16/h4-6H,7,16H2,1-3H3. The lowest BCUT2D eigenvalue weighted by Gasteiger charge is -2.33. The minimum Gasteiger partial charge on any atom is -0.330 e. The molecule has 0 aromatic heterocycles. The van der Waals surface area contributed by atoms with Gasteiger partial charge in [0.2, 0.25) is 0 Å². The van der Waals surface area contributed by atoms with E-state index in [4.69, 9.17) is 5.73 Å². The van der Waals surface area contributed by atoms with Crippen LogP contribution in [0.25, 0.3) is 0 Å². The van der Waals surface area contributed by atoms with Gasteiger partial charge in [-0.15, -0.1) is 0 Å². The van der Waals surface area contributed by atoms with E-state index in [1.165, 1.54) is 26.8 Å². The molecule has 1 aromatic rings. The average molecular weight is 231 g/mol. The molecule has 90 valence electrons. The Morgan fingerprint density at radius 1 is 1.25 bits per heavy atom. The summed E-state index contributed by atoms with van der Waals surface area (Å²) in [5, 5.41) is 0. The fourth-order valence-electron chi connectivity index (χ4n) is 1.36. The molecule has 1 nitrogen and oxygen atoms in total. The van der Waals surface area contributed by atoms with Crippen LogP contribution in [0.4, 0.5) is 13.2 Å². The van der Waals surface area contributed by atoms with Gasteiger partial charge >= 0.3 is 0 Å². The van der Waals surface area contributed by atoms with Gasteiger partial charge in [0.05, 0.1) is 0 Å². The zero-order valence-electron chi connectivity index (χ0n) is 9.65. The molecule has 16 heavy (non-hydrogen) atoms. The summed E-state index contributed by atoms with van der Waals surface area (Å²) in [6.45, 7) is 4.11. The Morgan fingerprint density at radius 3 is 2.25 bits per heavy atom. The zero-order chi connectivity index (χ0) is 12.6. The molecule has 0 fully saturated rings. The molecular weight excluding hydrogens is 215 g/mol. The molecule has 0 spiro atoms. The van der Waals surface area contributed by atoms with Crippen LogP contribution >= 0.6 is 0 Å². The van der Waals surface area contributed by atoms with E-state index in [1.54, 1.807) is 0 Å². The number of aryl methyl sites for hydroxylation is 1. The second-order valence-corrected chi connectivity index (χ2v) is 4.63. The number of hydrogen-bond donors (Lipinski definition) is 1. The quantitative estimate of drug-likeness (QED) is 0.849. The lowest BCUT2D eigenvalue weighted by atomic mass is 9.81. The first-order valence-corrected chi connectivity index (χ1v) is 5.07. The molecule has 0 saturated carbocycles. The average Bonchev–Trinajstić information content (AvgIpc) is 2.21. The third kappa shape index (κ3) is 2.07. The summed E-state index contributed by atoms with van der Waals surface area (Å²) < 4.78 is 41.1. The highest BCUT2D eigenvalue weighted by molar-refractivity contribution is 5.28. The van der Waals surface area contributed by atoms with Gasteiger partial charge < -0.3 is 5.73 Å². The summed E-state index contributed by atoms with van der Waals surface area (Å²) in [5.41, 5.74) is 4.01. The van der Waals surface area contributed by atoms with Gasteiger partial charge in [-0.1, -0.05) is 19.9 Å². The third-order valence-corrected chi connectivity index (χ3v) is 2.88. The SMILES string of the molecule is Cc1cc(C(F)(F)C(C)(C)CN)ccc1F. The number of alkyl halides is 2. The van der Waals surface area contributed by atoms with Crippen molar-refractivity contribution in [3.05, 3.63) is 35.1 Å². The molecule has 0 radical (unpaired) electrons. The van der Waals surface area contributed by atoms with Crippen LogP contribution in [-0.2, 0) is 5.92 Å². The number of halogens is 3. The molecule has 0 aliphatic rings. The molecule has 0 aliphatic heterocycles. The van der Waals surface area contributed by atoms with Crippen LogP contribution in [0.5, 0.6) is 0 Å². The van der Waals surface area contributed by atoms with Gasteiger partial charge in [0.25, 0.3) is 5.92 Å². The van der Waals surface area contributed by atoms with Gasteiger partial charge in [-0.05, 0) is 24.6 Å². The Kier molecular flexibility index (Phi) is 3.33. The Morgan fingerprint density at radius 2 is 1.81 bits per heavy atom. The smallest absolute Gasteiger partial charge is 0.279 e. The highest BCUT2D eigenvalue weighted by atomic mass is 19.3. The van der Waals surface area contributed by atoms with Gasteiger partial charge in [0, 0.05) is 17.5 Å². The summed E-state index contributed by atoms with van der Waals surface area (Å²) in [7, 11) is 0. The zero-order valence-corrected chi connectivity index (χ0v) is 9.65. The lowest BCUT2D eigenvalue weighted by Crippen LogP contribution is -2.40. The van der Waals surface area contributed by atoms with E-state index >= 15 is 0 Å². The topological polar surface area (TPSA) is 26.0 Å². The van der Waals surface area contributed by atoms with E-state index in [9.17, 15) is 13.2 Å². The molecule has 0 aliphatic carbocycles. The van der Waals surface area contributed by atoms with E-state index in [-0.39, 0.29) is 17.7 Å². The molecule has 0 bridgehead atoms. The Balaban J connectivity index is 3.22. The Labute approximate surface area is 93.5 Å². The van der Waals surface area contributed by atoms with Gasteiger partial charge in [-0.3, -0.25) is 0 Å². The van der Waals surface area contributed by atoms with Crippen molar-refractivity contribution >= 4 is 0 Å². The summed E-state index contributed by atoms with van der Waals surface area (Å²) in [5.74, 6) is -3.55. The van der Waals surface area contributed by atoms with Crippen molar-refractivity contribution in [1.29, 1.82) is 0 Å². The first kappa shape index (κ1) is 13.0. The van der Waals surface area contributed by atoms with E-state index in [1.807, 2.05) is 0 Å². The molecule has 0 saturated heterocycles. The molecule has 0 atom stereocenters. The van der Waals surface area contributed by atoms with Crippen LogP contribution in [0.1, 0.15) is 25.0 Å². The lowest BCUT2D eigenvalue weighted by molar-refractivity contribution is -0.108. The third-order valence-electron chi connectivity index (χ3n) is 2.88. The second-order valence-electron chi connectivity index (χ2n) is 4.63. The summed E-state index contributed by atoms with van der Waals surface area (Å²) in [6.07, 6.45) is 0. The van der Waals surface area contributed by atoms with Gasteiger partial charge in [0.15, 0.2) is 0 Å². The summed E-state index contributed by atoms with van der Waals surface area (Å²) in [6, 6.07) is 3.34. The molecule has 0 amide bonds. The minimum absolute atomic E-state index is 0.142. The fraction of sp³-hybridized carbons (Fsp3) is 0.500. The number of rotatable bonds is 3. The number of benzene rings is 1. The summed E-state index contributed by atoms with van der Waals surface area (Å²) in [4.78, 5) is 0. The predicted octanol–water partition coefficient (Wildman–Crippen LogP) is 3.21. The highest BCUT2D eigenvalue weighted by Crippen LogP contribution is 2.44. The van der Waals surface area contributed by atoms with Gasteiger partial charge in [-0.25, -0.2) is 13.2 Å². The largest absolute Gasteiger partial charge is 0.330 e. The van der Waals surface area contributed by atoms with Crippen LogP contribution in [0.15, 0.2) is 18.2 Å². The van der Waals surface area contributed by atoms with Crippen molar-refractivity contribution in [2.24, 2.45) is 11.1 Å². The van der Waals surface area contributed by atoms with Crippen molar-refractivity contribution in [2.75, 3.05) is 6.54 Å². The van der Waals surface area contributed by atoms with Crippen LogP contribution in [0.2, 0.25) is 0 Å². The molecule has 1 rings (SSSR count). The first-order valence-electron chi connectivity index (χ1n) is 5.07. The molecule has 1 aromatic carbocycles. The van der Waals surface area contributed by atoms with Crippen molar-refractivity contribution in [1.82, 2.24) is 0 Å². The number of hydrogen-bond acceptors (Lipinski definition) is 1. The fourth-order valence-corrected chi connectivity index (χ4v) is 1.36. The molecule has 4 heteroatoms. The maximum atomic E-state index is 14.0. The molecule has 2 N–H and O–H groups in total. The maximum absolute atomic E-state index is 14.0. The van der Waals surface area contributed by atoms with E-state index in [0.29, 0.717) is 0 Å². The first-order chi connectivity index (χ1) is 7.22. The minimum atomic E-state index is -3.07. The monoisotopic (exact) mass is 231 g/mol. The van der Waals surface area contributed by atoms with Crippen LogP contribution in [0, 0.1) is 18.2 Å². The second kappa shape index (κ2) is 4.09. The van der Waals surface area contributed by atoms with Gasteiger partial charge in [0.1, 0.15) is 5.82 Å². The van der Waals surface area contributed by atoms with Crippen LogP contribution in [0.3, 0.4) is 0 Å². The van der Waals surface area contributed by atoms with Gasteiger partial charge in [-0.2, -0.15) is 0 Å². The molecule has 0 heterocycles. The van der Waals surface area contributed by atoms with E-state index in [2.05, 4.69) is 0 Å². The van der Waals surface area contributed by atoms with Crippen LogP contribution in [-0.4, -0.2) is 6.54 Å². The van der Waals surface area contributed by atoms with Crippen molar-refractivity contribution in [2.45, 2.75) is 26.7 Å². The highest BCUT2D eigenvalue weighted by Gasteiger charge is 2.47. The normalized spacial score (nSPS) is 12.9. The van der Waals surface area contributed by atoms with E-state index in [0.717, 1.165) is 12.1 Å². The Hall–Kier alpha value is -1.03. The van der Waals surface area contributed by atoms with Crippen molar-refractivity contribution < 1.29 is 13.2 Å². The van der Waals surface area contributed by atoms with Crippen LogP contribution < -0.4 is 5.73 Å². The number of nitrogens with two attached hydrogens (primary N) is 1. The predicted molar refractivity (Wildman–Crippen MR) is 57.9 cm³/mol. The van der Waals surface area contributed by atoms with Crippen molar-refractivity contribution in [3.63, 3.8) is 0 Å². The Bertz CT molecular complexity index is 386. The molecular formula is C12H16F3N. The van der Waals surface area contributed by atoms with Crippen molar-refractivity contribution in [3.8, 4) is 0 Å². The van der Waals surface area contributed by atoms with E-state index < -0.39 is 17.2 Å². The summed E-state index contributed by atoms with van der Waals surface area (Å²) >= 11 is 0. The maximum Gasteiger partial charge on any atom is 0.279 e. The molecule has 0 unspecified atom stereocenters.